The molecule has 2 amide bonds. The molecule has 1 aliphatic rings. The molecule has 0 aromatic heterocycles. The summed E-state index contributed by atoms with van der Waals surface area (Å²) in [6, 6.07) is 7.62. The number of nitrogens with zero attached hydrogens (tertiary/aromatic N) is 1. The summed E-state index contributed by atoms with van der Waals surface area (Å²) in [6.45, 7) is 6.82. The van der Waals surface area contributed by atoms with E-state index < -0.39 is 31.6 Å². The highest BCUT2D eigenvalue weighted by Gasteiger charge is 2.30. The molecule has 0 fully saturated rings. The lowest BCUT2D eigenvalue weighted by Gasteiger charge is -2.30. The predicted octanol–water partition coefficient (Wildman–Crippen LogP) is 2.24. The molecule has 170 valence electrons. The Labute approximate surface area is 187 Å². The van der Waals surface area contributed by atoms with Crippen LogP contribution < -0.4 is 15.6 Å². The number of nitrogens with one attached hydrogen (secondary N) is 1. The van der Waals surface area contributed by atoms with E-state index >= 15 is 0 Å². The van der Waals surface area contributed by atoms with Gasteiger partial charge in [-0.1, -0.05) is 30.2 Å². The van der Waals surface area contributed by atoms with Crippen molar-refractivity contribution in [3.05, 3.63) is 58.1 Å². The van der Waals surface area contributed by atoms with Crippen molar-refractivity contribution in [2.45, 2.75) is 40.2 Å². The van der Waals surface area contributed by atoms with Crippen LogP contribution in [0.25, 0.3) is 0 Å². The van der Waals surface area contributed by atoms with Crippen LogP contribution >= 0.6 is 0 Å². The van der Waals surface area contributed by atoms with Crippen LogP contribution in [0.2, 0.25) is 0 Å². The largest absolute Gasteiger partial charge is 0.495 e. The van der Waals surface area contributed by atoms with Crippen LogP contribution in [-0.2, 0) is 4.65 Å². The molecular formula is C23H28BFN2O5. The maximum absolute atomic E-state index is 13.8. The first-order chi connectivity index (χ1) is 15.3. The highest BCUT2D eigenvalue weighted by molar-refractivity contribution is 6.61. The van der Waals surface area contributed by atoms with Crippen molar-refractivity contribution in [1.29, 1.82) is 0 Å². The quantitative estimate of drug-likeness (QED) is 0.548. The second kappa shape index (κ2) is 10.1. The lowest BCUT2D eigenvalue weighted by molar-refractivity contribution is 0.0438. The van der Waals surface area contributed by atoms with Gasteiger partial charge in [0.05, 0.1) is 12.6 Å². The van der Waals surface area contributed by atoms with Crippen LogP contribution in [0, 0.1) is 20.8 Å². The molecule has 1 aliphatic heterocycles. The smallest absolute Gasteiger partial charge is 0.491 e. The fraction of sp³-hybridized carbons (Fsp3) is 0.391. The average molecular weight is 442 g/mol. The number of aryl methyl sites for hydroxylation is 2. The molecule has 1 atom stereocenters. The van der Waals surface area contributed by atoms with E-state index in [-0.39, 0.29) is 18.8 Å². The summed E-state index contributed by atoms with van der Waals surface area (Å²) >= 11 is 0. The number of amides is 2. The minimum Gasteiger partial charge on any atom is -0.491 e. The number of hydrogen-bond acceptors (Lipinski definition) is 5. The normalized spacial score (nSPS) is 14.1. The van der Waals surface area contributed by atoms with Crippen LogP contribution in [0.15, 0.2) is 30.3 Å². The first kappa shape index (κ1) is 23.8. The first-order valence-corrected chi connectivity index (χ1v) is 10.6. The van der Waals surface area contributed by atoms with Gasteiger partial charge in [-0.05, 0) is 45.4 Å². The molecule has 0 saturated carbocycles. The monoisotopic (exact) mass is 442 g/mol. The molecule has 7 nitrogen and oxygen atoms in total. The molecule has 9 heteroatoms. The first-order valence-electron chi connectivity index (χ1n) is 10.6. The third kappa shape index (κ3) is 4.94. The minimum absolute atomic E-state index is 0.212. The van der Waals surface area contributed by atoms with Gasteiger partial charge in [-0.2, -0.15) is 0 Å². The standard InChI is InChI=1S/C23H28BFN2O5/c1-5-18(13-25)27(23(29)17-11-14(2)10-15(3)12-17)26-22(28)19-6-7-20-21(16(19)4)31-8-9-32-24(20)30/h6-7,10-12,18,30H,5,8-9,13H2,1-4H3,(H,26,28). The molecule has 0 spiro atoms. The summed E-state index contributed by atoms with van der Waals surface area (Å²) < 4.78 is 24.7. The highest BCUT2D eigenvalue weighted by Crippen LogP contribution is 2.22. The van der Waals surface area contributed by atoms with Crippen LogP contribution in [0.4, 0.5) is 4.39 Å². The second-order valence-corrected chi connectivity index (χ2v) is 7.94. The highest BCUT2D eigenvalue weighted by atomic mass is 19.1. The summed E-state index contributed by atoms with van der Waals surface area (Å²) in [5.74, 6) is -0.687. The Balaban J connectivity index is 1.94. The topological polar surface area (TPSA) is 88.1 Å². The Hall–Kier alpha value is -2.91. The number of benzene rings is 2. The van der Waals surface area contributed by atoms with Crippen LogP contribution in [-0.4, -0.2) is 54.9 Å². The predicted molar refractivity (Wildman–Crippen MR) is 120 cm³/mol. The van der Waals surface area contributed by atoms with Crippen molar-refractivity contribution in [3.63, 3.8) is 0 Å². The van der Waals surface area contributed by atoms with E-state index in [0.29, 0.717) is 28.8 Å². The van der Waals surface area contributed by atoms with Gasteiger partial charge in [-0.3, -0.25) is 15.0 Å². The van der Waals surface area contributed by atoms with Gasteiger partial charge < -0.3 is 14.4 Å². The number of halogens is 1. The number of rotatable bonds is 5. The summed E-state index contributed by atoms with van der Waals surface area (Å²) in [5, 5.41) is 11.2. The number of alkyl halides is 1. The molecule has 0 bridgehead atoms. The van der Waals surface area contributed by atoms with Gasteiger partial charge in [-0.15, -0.1) is 0 Å². The third-order valence-electron chi connectivity index (χ3n) is 5.48. The molecule has 0 radical (unpaired) electrons. The number of hydrogen-bond donors (Lipinski definition) is 2. The molecule has 0 saturated heterocycles. The van der Waals surface area contributed by atoms with Gasteiger partial charge in [0.25, 0.3) is 11.8 Å². The van der Waals surface area contributed by atoms with Crippen molar-refractivity contribution >= 4 is 24.4 Å². The van der Waals surface area contributed by atoms with Gasteiger partial charge in [0.1, 0.15) is 19.0 Å². The molecule has 0 aliphatic carbocycles. The lowest BCUT2D eigenvalue weighted by atomic mass is 9.77. The number of fused-ring (bicyclic) bond motifs is 1. The van der Waals surface area contributed by atoms with E-state index in [1.165, 1.54) is 6.07 Å². The molecular weight excluding hydrogens is 414 g/mol. The Bertz CT molecular complexity index is 992. The Kier molecular flexibility index (Phi) is 7.53. The van der Waals surface area contributed by atoms with Gasteiger partial charge in [0.2, 0.25) is 0 Å². The van der Waals surface area contributed by atoms with Gasteiger partial charge in [0, 0.05) is 22.2 Å². The van der Waals surface area contributed by atoms with Crippen LogP contribution in [0.3, 0.4) is 0 Å². The molecule has 2 N–H and O–H groups in total. The van der Waals surface area contributed by atoms with E-state index in [9.17, 15) is 19.0 Å². The molecule has 3 rings (SSSR count). The van der Waals surface area contributed by atoms with Crippen molar-refractivity contribution in [3.8, 4) is 5.75 Å². The van der Waals surface area contributed by atoms with E-state index in [4.69, 9.17) is 9.39 Å². The van der Waals surface area contributed by atoms with Crippen molar-refractivity contribution in [2.75, 3.05) is 19.9 Å². The number of carbonyl (C=O) groups is 2. The fourth-order valence-electron chi connectivity index (χ4n) is 3.81. The summed E-state index contributed by atoms with van der Waals surface area (Å²) in [5.41, 5.74) is 5.94. The zero-order valence-corrected chi connectivity index (χ0v) is 18.8. The van der Waals surface area contributed by atoms with Crippen molar-refractivity contribution in [2.24, 2.45) is 0 Å². The molecule has 32 heavy (non-hydrogen) atoms. The zero-order valence-electron chi connectivity index (χ0n) is 18.8. The summed E-state index contributed by atoms with van der Waals surface area (Å²) in [4.78, 5) is 26.4. The average Bonchev–Trinajstić information content (AvgIpc) is 2.94. The van der Waals surface area contributed by atoms with Gasteiger partial charge in [0.15, 0.2) is 0 Å². The zero-order chi connectivity index (χ0) is 23.4. The van der Waals surface area contributed by atoms with E-state index in [2.05, 4.69) is 5.43 Å². The SMILES string of the molecule is CCC(CF)N(NC(=O)c1ccc2c(c1C)OCCOB2O)C(=O)c1cc(C)cc(C)c1. The number of carbonyl (C=O) groups excluding carboxylic acids is 2. The second-order valence-electron chi connectivity index (χ2n) is 7.94. The van der Waals surface area contributed by atoms with E-state index in [1.54, 1.807) is 32.0 Å². The number of ether oxygens (including phenoxy) is 1. The molecule has 1 heterocycles. The maximum Gasteiger partial charge on any atom is 0.495 e. The fourth-order valence-corrected chi connectivity index (χ4v) is 3.81. The van der Waals surface area contributed by atoms with Crippen LogP contribution in [0.1, 0.15) is 50.8 Å². The molecule has 2 aromatic rings. The lowest BCUT2D eigenvalue weighted by Crippen LogP contribution is -2.53. The van der Waals surface area contributed by atoms with E-state index in [0.717, 1.165) is 16.1 Å². The Morgan fingerprint density at radius 2 is 1.88 bits per heavy atom. The maximum atomic E-state index is 13.8. The van der Waals surface area contributed by atoms with Crippen molar-refractivity contribution in [1.82, 2.24) is 10.4 Å². The molecule has 1 unspecified atom stereocenters. The van der Waals surface area contributed by atoms with Crippen molar-refractivity contribution < 1.29 is 28.4 Å². The minimum atomic E-state index is -1.15. The molecule has 2 aromatic carbocycles. The summed E-state index contributed by atoms with van der Waals surface area (Å²) in [6.07, 6.45) is 0.323. The van der Waals surface area contributed by atoms with E-state index in [1.807, 2.05) is 19.9 Å². The Morgan fingerprint density at radius 3 is 2.50 bits per heavy atom. The number of hydrazine groups is 1. The Morgan fingerprint density at radius 1 is 1.19 bits per heavy atom. The van der Waals surface area contributed by atoms with Gasteiger partial charge in [-0.25, -0.2) is 9.40 Å². The van der Waals surface area contributed by atoms with Gasteiger partial charge >= 0.3 is 7.12 Å². The summed E-state index contributed by atoms with van der Waals surface area (Å²) in [7, 11) is -1.15. The third-order valence-corrected chi connectivity index (χ3v) is 5.48. The van der Waals surface area contributed by atoms with Crippen LogP contribution in [0.5, 0.6) is 5.75 Å².